The number of anilines is 1. The second kappa shape index (κ2) is 9.59. The van der Waals surface area contributed by atoms with E-state index in [1.54, 1.807) is 19.2 Å². The van der Waals surface area contributed by atoms with Gasteiger partial charge >= 0.3 is 0 Å². The van der Waals surface area contributed by atoms with Crippen LogP contribution >= 0.6 is 11.3 Å². The Morgan fingerprint density at radius 2 is 1.80 bits per heavy atom. The Balaban J connectivity index is 1.57. The number of rotatable bonds is 9. The number of aromatic nitrogens is 1. The summed E-state index contributed by atoms with van der Waals surface area (Å²) in [4.78, 5) is 16.4. The molecule has 0 fully saturated rings. The first-order chi connectivity index (χ1) is 14.4. The van der Waals surface area contributed by atoms with E-state index in [9.17, 15) is 13.2 Å². The fraction of sp³-hybridized carbons (Fsp3) is 0.200. The van der Waals surface area contributed by atoms with Gasteiger partial charge in [0.1, 0.15) is 17.2 Å². The third-order valence-electron chi connectivity index (χ3n) is 4.16. The summed E-state index contributed by atoms with van der Waals surface area (Å²) in [5.74, 6) is 0.937. The number of methoxy groups -OCH3 is 2. The summed E-state index contributed by atoms with van der Waals surface area (Å²) in [6.45, 7) is 0.413. The summed E-state index contributed by atoms with van der Waals surface area (Å²) in [6, 6.07) is 13.6. The van der Waals surface area contributed by atoms with Crippen LogP contribution in [0.1, 0.15) is 16.1 Å². The molecule has 0 saturated carbocycles. The first-order valence-corrected chi connectivity index (χ1v) is 11.3. The molecule has 10 heteroatoms. The second-order valence-electron chi connectivity index (χ2n) is 6.18. The fourth-order valence-electron chi connectivity index (χ4n) is 2.59. The van der Waals surface area contributed by atoms with Crippen LogP contribution in [0.2, 0.25) is 0 Å². The zero-order valence-electron chi connectivity index (χ0n) is 16.4. The first kappa shape index (κ1) is 21.6. The van der Waals surface area contributed by atoms with E-state index in [4.69, 9.17) is 9.47 Å². The molecule has 0 aliphatic heterocycles. The van der Waals surface area contributed by atoms with Gasteiger partial charge in [0.25, 0.3) is 15.9 Å². The van der Waals surface area contributed by atoms with Crippen molar-refractivity contribution in [3.05, 3.63) is 65.2 Å². The lowest BCUT2D eigenvalue weighted by atomic mass is 10.1. The topological polar surface area (TPSA) is 107 Å². The second-order valence-corrected chi connectivity index (χ2v) is 8.72. The van der Waals surface area contributed by atoms with Crippen molar-refractivity contribution in [3.63, 3.8) is 0 Å². The van der Waals surface area contributed by atoms with E-state index in [2.05, 4.69) is 15.0 Å². The molecule has 1 aromatic heterocycles. The molecule has 2 aromatic carbocycles. The maximum Gasteiger partial charge on any atom is 0.270 e. The van der Waals surface area contributed by atoms with Crippen molar-refractivity contribution >= 4 is 32.4 Å². The van der Waals surface area contributed by atoms with Crippen LogP contribution < -0.4 is 19.5 Å². The molecule has 0 radical (unpaired) electrons. The van der Waals surface area contributed by atoms with Crippen LogP contribution in [-0.4, -0.2) is 40.1 Å². The maximum absolute atomic E-state index is 12.5. The molecule has 0 saturated heterocycles. The van der Waals surface area contributed by atoms with E-state index < -0.39 is 10.0 Å². The van der Waals surface area contributed by atoms with Gasteiger partial charge < -0.3 is 14.8 Å². The maximum atomic E-state index is 12.5. The van der Waals surface area contributed by atoms with Crippen molar-refractivity contribution < 1.29 is 22.7 Å². The Bertz CT molecular complexity index is 1110. The molecular weight excluding hydrogens is 426 g/mol. The number of nitrogens with zero attached hydrogens (tertiary/aromatic N) is 1. The molecule has 1 heterocycles. The van der Waals surface area contributed by atoms with E-state index >= 15 is 0 Å². The van der Waals surface area contributed by atoms with Crippen molar-refractivity contribution in [3.8, 4) is 11.5 Å². The monoisotopic (exact) mass is 447 g/mol. The van der Waals surface area contributed by atoms with Crippen LogP contribution in [0.25, 0.3) is 0 Å². The minimum Gasteiger partial charge on any atom is -0.497 e. The molecule has 0 bridgehead atoms. The molecule has 3 rings (SSSR count). The van der Waals surface area contributed by atoms with Gasteiger partial charge in [-0.15, -0.1) is 11.3 Å². The minimum atomic E-state index is -3.81. The summed E-state index contributed by atoms with van der Waals surface area (Å²) < 4.78 is 37.5. The van der Waals surface area contributed by atoms with Gasteiger partial charge in [0.15, 0.2) is 5.13 Å². The predicted octanol–water partition coefficient (Wildman–Crippen LogP) is 2.93. The lowest BCUT2D eigenvalue weighted by Gasteiger charge is -2.06. The summed E-state index contributed by atoms with van der Waals surface area (Å²) >= 11 is 1.04. The lowest BCUT2D eigenvalue weighted by molar-refractivity contribution is 0.0950. The fourth-order valence-corrected chi connectivity index (χ4v) is 4.54. The number of thiazole rings is 1. The van der Waals surface area contributed by atoms with Crippen LogP contribution in [0.5, 0.6) is 11.5 Å². The van der Waals surface area contributed by atoms with E-state index in [1.807, 2.05) is 24.3 Å². The summed E-state index contributed by atoms with van der Waals surface area (Å²) in [5, 5.41) is 4.40. The SMILES string of the molecule is COc1ccc(S(=O)(=O)Nc2nc(C(=O)NCCc3cccc(OC)c3)cs2)cc1. The van der Waals surface area contributed by atoms with Gasteiger partial charge in [-0.25, -0.2) is 13.4 Å². The number of amides is 1. The Morgan fingerprint density at radius 1 is 1.07 bits per heavy atom. The van der Waals surface area contributed by atoms with E-state index in [0.717, 1.165) is 22.6 Å². The third kappa shape index (κ3) is 5.49. The molecule has 0 atom stereocenters. The van der Waals surface area contributed by atoms with Crippen molar-refractivity contribution in [2.45, 2.75) is 11.3 Å². The highest BCUT2D eigenvalue weighted by Crippen LogP contribution is 2.22. The van der Waals surface area contributed by atoms with Crippen LogP contribution in [0.15, 0.2) is 58.8 Å². The number of sulfonamides is 1. The molecule has 0 unspecified atom stereocenters. The van der Waals surface area contributed by atoms with Gasteiger partial charge in [-0.1, -0.05) is 12.1 Å². The number of hydrogen-bond donors (Lipinski definition) is 2. The Kier molecular flexibility index (Phi) is 6.91. The normalized spacial score (nSPS) is 11.0. The molecule has 2 N–H and O–H groups in total. The molecule has 8 nitrogen and oxygen atoms in total. The Hall–Kier alpha value is -3.11. The Labute approximate surface area is 178 Å². The molecule has 158 valence electrons. The van der Waals surface area contributed by atoms with Crippen molar-refractivity contribution in [2.24, 2.45) is 0 Å². The standard InChI is InChI=1S/C20H21N3O5S2/c1-27-15-6-8-17(9-7-15)30(25,26)23-20-22-18(13-29-20)19(24)21-11-10-14-4-3-5-16(12-14)28-2/h3-9,12-13H,10-11H2,1-2H3,(H,21,24)(H,22,23). The molecule has 0 aliphatic carbocycles. The highest BCUT2D eigenvalue weighted by molar-refractivity contribution is 7.93. The molecule has 30 heavy (non-hydrogen) atoms. The zero-order chi connectivity index (χ0) is 21.6. The average molecular weight is 448 g/mol. The molecule has 0 spiro atoms. The minimum absolute atomic E-state index is 0.0720. The summed E-state index contributed by atoms with van der Waals surface area (Å²) in [5.41, 5.74) is 1.18. The molecule has 0 aliphatic rings. The number of ether oxygens (including phenoxy) is 2. The largest absolute Gasteiger partial charge is 0.497 e. The van der Waals surface area contributed by atoms with Crippen LogP contribution in [-0.2, 0) is 16.4 Å². The van der Waals surface area contributed by atoms with Gasteiger partial charge in [0.05, 0.1) is 19.1 Å². The average Bonchev–Trinajstić information content (AvgIpc) is 3.21. The van der Waals surface area contributed by atoms with E-state index in [1.165, 1.54) is 24.6 Å². The van der Waals surface area contributed by atoms with Crippen LogP contribution in [0, 0.1) is 0 Å². The van der Waals surface area contributed by atoms with Gasteiger partial charge in [-0.2, -0.15) is 0 Å². The van der Waals surface area contributed by atoms with Crippen molar-refractivity contribution in [2.75, 3.05) is 25.5 Å². The summed E-state index contributed by atoms with van der Waals surface area (Å²) in [6.07, 6.45) is 0.629. The van der Waals surface area contributed by atoms with E-state index in [0.29, 0.717) is 18.7 Å². The number of hydrogen-bond acceptors (Lipinski definition) is 7. The third-order valence-corrected chi connectivity index (χ3v) is 6.40. The lowest BCUT2D eigenvalue weighted by Crippen LogP contribution is -2.26. The van der Waals surface area contributed by atoms with Gasteiger partial charge in [-0.3, -0.25) is 9.52 Å². The molecular formula is C20H21N3O5S2. The smallest absolute Gasteiger partial charge is 0.270 e. The molecule has 3 aromatic rings. The number of carbonyl (C=O) groups is 1. The number of nitrogens with one attached hydrogen (secondary N) is 2. The van der Waals surface area contributed by atoms with Gasteiger partial charge in [0, 0.05) is 11.9 Å². The summed E-state index contributed by atoms with van der Waals surface area (Å²) in [7, 11) is -0.710. The molecule has 1 amide bonds. The number of benzene rings is 2. The van der Waals surface area contributed by atoms with Gasteiger partial charge in [-0.05, 0) is 48.4 Å². The highest BCUT2D eigenvalue weighted by Gasteiger charge is 2.18. The predicted molar refractivity (Wildman–Crippen MR) is 115 cm³/mol. The Morgan fingerprint density at radius 3 is 2.50 bits per heavy atom. The van der Waals surface area contributed by atoms with Gasteiger partial charge in [0.2, 0.25) is 0 Å². The van der Waals surface area contributed by atoms with Crippen molar-refractivity contribution in [1.29, 1.82) is 0 Å². The zero-order valence-corrected chi connectivity index (χ0v) is 18.0. The van der Waals surface area contributed by atoms with Crippen LogP contribution in [0.4, 0.5) is 5.13 Å². The first-order valence-electron chi connectivity index (χ1n) is 8.95. The quantitative estimate of drug-likeness (QED) is 0.522. The van der Waals surface area contributed by atoms with E-state index in [-0.39, 0.29) is 21.6 Å². The van der Waals surface area contributed by atoms with Crippen molar-refractivity contribution in [1.82, 2.24) is 10.3 Å². The van der Waals surface area contributed by atoms with Crippen LogP contribution in [0.3, 0.4) is 0 Å². The highest BCUT2D eigenvalue weighted by atomic mass is 32.2. The number of carbonyl (C=O) groups excluding carboxylic acids is 1.